The van der Waals surface area contributed by atoms with Gasteiger partial charge in [-0.05, 0) is 42.0 Å². The molecule has 0 saturated heterocycles. The number of anilines is 1. The van der Waals surface area contributed by atoms with E-state index in [4.69, 9.17) is 4.42 Å². The Hall–Kier alpha value is -3.27. The van der Waals surface area contributed by atoms with Gasteiger partial charge in [-0.1, -0.05) is 42.5 Å². The second-order valence-corrected chi connectivity index (χ2v) is 5.93. The summed E-state index contributed by atoms with van der Waals surface area (Å²) in [6.45, 7) is 0.536. The predicted molar refractivity (Wildman–Crippen MR) is 97.9 cm³/mol. The van der Waals surface area contributed by atoms with E-state index in [2.05, 4.69) is 5.32 Å². The molecule has 0 unspecified atom stereocenters. The van der Waals surface area contributed by atoms with Crippen LogP contribution < -0.4 is 5.32 Å². The molecule has 2 aromatic carbocycles. The van der Waals surface area contributed by atoms with Gasteiger partial charge in [0.2, 0.25) is 0 Å². The fourth-order valence-corrected chi connectivity index (χ4v) is 2.99. The second-order valence-electron chi connectivity index (χ2n) is 5.93. The van der Waals surface area contributed by atoms with Gasteiger partial charge in [0.1, 0.15) is 11.9 Å². The van der Waals surface area contributed by atoms with Crippen LogP contribution in [-0.2, 0) is 6.54 Å². The summed E-state index contributed by atoms with van der Waals surface area (Å²) in [6.07, 6.45) is 5.23. The van der Waals surface area contributed by atoms with Gasteiger partial charge in [0, 0.05) is 12.2 Å². The Morgan fingerprint density at radius 2 is 1.80 bits per heavy atom. The molecule has 0 fully saturated rings. The molecule has 1 amide bonds. The highest BCUT2D eigenvalue weighted by Gasteiger charge is 2.30. The zero-order chi connectivity index (χ0) is 17.1. The molecule has 1 N–H and O–H groups in total. The molecule has 4 nitrogen and oxygen atoms in total. The van der Waals surface area contributed by atoms with Crippen LogP contribution in [0.3, 0.4) is 0 Å². The average molecular weight is 330 g/mol. The maximum absolute atomic E-state index is 13.0. The molecule has 4 heteroatoms. The Bertz CT molecular complexity index is 885. The topological polar surface area (TPSA) is 45.5 Å². The standard InChI is InChI=1S/C21H18N2O2/c24-21-18-10-4-5-11-19(18)22-20(13-12-17-9-6-14-25-17)23(21)15-16-7-2-1-3-8-16/h1-14,20,22H,15H2/b13-12+/t20-/m1/s1. The molecular weight excluding hydrogens is 312 g/mol. The van der Waals surface area contributed by atoms with Crippen molar-refractivity contribution in [2.75, 3.05) is 5.32 Å². The van der Waals surface area contributed by atoms with Crippen molar-refractivity contribution in [3.63, 3.8) is 0 Å². The van der Waals surface area contributed by atoms with Crippen LogP contribution in [0.2, 0.25) is 0 Å². The van der Waals surface area contributed by atoms with E-state index in [9.17, 15) is 4.79 Å². The van der Waals surface area contributed by atoms with Gasteiger partial charge in [-0.25, -0.2) is 0 Å². The maximum atomic E-state index is 13.0. The van der Waals surface area contributed by atoms with Crippen molar-refractivity contribution in [1.29, 1.82) is 0 Å². The molecule has 4 rings (SSSR count). The van der Waals surface area contributed by atoms with Crippen molar-refractivity contribution in [3.05, 3.63) is 96.0 Å². The van der Waals surface area contributed by atoms with Gasteiger partial charge in [-0.2, -0.15) is 0 Å². The van der Waals surface area contributed by atoms with Gasteiger partial charge < -0.3 is 14.6 Å². The van der Waals surface area contributed by atoms with Crippen LogP contribution in [0, 0.1) is 0 Å². The molecule has 0 bridgehead atoms. The fraction of sp³-hybridized carbons (Fsp3) is 0.0952. The van der Waals surface area contributed by atoms with Crippen LogP contribution in [0.4, 0.5) is 5.69 Å². The van der Waals surface area contributed by atoms with Crippen molar-refractivity contribution >= 4 is 17.7 Å². The predicted octanol–water partition coefficient (Wildman–Crippen LogP) is 4.39. The zero-order valence-corrected chi connectivity index (χ0v) is 13.6. The van der Waals surface area contributed by atoms with E-state index in [1.807, 2.05) is 83.8 Å². The number of rotatable bonds is 4. The van der Waals surface area contributed by atoms with Crippen molar-refractivity contribution in [2.24, 2.45) is 0 Å². The SMILES string of the molecule is O=C1c2ccccc2N[C@@H](/C=C/c2ccco2)N1Cc1ccccc1. The summed E-state index contributed by atoms with van der Waals surface area (Å²) in [5.74, 6) is 0.778. The molecular formula is C21H18N2O2. The van der Waals surface area contributed by atoms with E-state index in [0.29, 0.717) is 12.1 Å². The van der Waals surface area contributed by atoms with E-state index in [1.165, 1.54) is 0 Å². The van der Waals surface area contributed by atoms with Crippen LogP contribution in [0.5, 0.6) is 0 Å². The Morgan fingerprint density at radius 3 is 2.60 bits per heavy atom. The van der Waals surface area contributed by atoms with E-state index in [1.54, 1.807) is 6.26 Å². The first-order chi connectivity index (χ1) is 12.3. The fourth-order valence-electron chi connectivity index (χ4n) is 2.99. The third-order valence-electron chi connectivity index (χ3n) is 4.24. The van der Waals surface area contributed by atoms with Crippen molar-refractivity contribution in [2.45, 2.75) is 12.7 Å². The first kappa shape index (κ1) is 15.3. The molecule has 1 atom stereocenters. The Labute approximate surface area is 146 Å². The van der Waals surface area contributed by atoms with Crippen molar-refractivity contribution in [1.82, 2.24) is 4.90 Å². The van der Waals surface area contributed by atoms with Gasteiger partial charge in [-0.3, -0.25) is 4.79 Å². The molecule has 0 aliphatic carbocycles. The average Bonchev–Trinajstić information content (AvgIpc) is 3.17. The summed E-state index contributed by atoms with van der Waals surface area (Å²) in [6, 6.07) is 21.3. The maximum Gasteiger partial charge on any atom is 0.258 e. The van der Waals surface area contributed by atoms with Crippen molar-refractivity contribution in [3.8, 4) is 0 Å². The second kappa shape index (κ2) is 6.69. The summed E-state index contributed by atoms with van der Waals surface area (Å²) in [5.41, 5.74) is 2.64. The molecule has 2 heterocycles. The van der Waals surface area contributed by atoms with Gasteiger partial charge in [-0.15, -0.1) is 0 Å². The first-order valence-corrected chi connectivity index (χ1v) is 8.23. The van der Waals surface area contributed by atoms with Crippen LogP contribution in [0.25, 0.3) is 6.08 Å². The number of benzene rings is 2. The number of carbonyl (C=O) groups is 1. The normalized spacial score (nSPS) is 16.7. The summed E-state index contributed by atoms with van der Waals surface area (Å²) in [5, 5.41) is 3.44. The van der Waals surface area contributed by atoms with E-state index in [-0.39, 0.29) is 12.1 Å². The van der Waals surface area contributed by atoms with Crippen molar-refractivity contribution < 1.29 is 9.21 Å². The molecule has 0 saturated carbocycles. The third-order valence-corrected chi connectivity index (χ3v) is 4.24. The van der Waals surface area contributed by atoms with E-state index < -0.39 is 0 Å². The van der Waals surface area contributed by atoms with Crippen LogP contribution in [0.15, 0.2) is 83.5 Å². The Balaban J connectivity index is 1.67. The number of furan rings is 1. The molecule has 1 aliphatic heterocycles. The molecule has 0 radical (unpaired) electrons. The zero-order valence-electron chi connectivity index (χ0n) is 13.6. The first-order valence-electron chi connectivity index (χ1n) is 8.23. The number of fused-ring (bicyclic) bond motifs is 1. The largest absolute Gasteiger partial charge is 0.465 e. The minimum Gasteiger partial charge on any atom is -0.465 e. The molecule has 1 aliphatic rings. The lowest BCUT2D eigenvalue weighted by molar-refractivity contribution is 0.0703. The third kappa shape index (κ3) is 3.19. The Morgan fingerprint density at radius 1 is 1.00 bits per heavy atom. The number of hydrogen-bond acceptors (Lipinski definition) is 3. The number of carbonyl (C=O) groups excluding carboxylic acids is 1. The van der Waals surface area contributed by atoms with Gasteiger partial charge in [0.25, 0.3) is 5.91 Å². The number of nitrogens with one attached hydrogen (secondary N) is 1. The summed E-state index contributed by atoms with van der Waals surface area (Å²) in [4.78, 5) is 14.9. The number of amides is 1. The van der Waals surface area contributed by atoms with Gasteiger partial charge in [0.15, 0.2) is 0 Å². The quantitative estimate of drug-likeness (QED) is 0.772. The minimum absolute atomic E-state index is 0.0206. The minimum atomic E-state index is -0.243. The molecule has 3 aromatic rings. The summed E-state index contributed by atoms with van der Waals surface area (Å²) in [7, 11) is 0. The highest BCUT2D eigenvalue weighted by atomic mass is 16.3. The van der Waals surface area contributed by atoms with Gasteiger partial charge in [0.05, 0.1) is 11.8 Å². The molecule has 1 aromatic heterocycles. The Kier molecular flexibility index (Phi) is 4.09. The lowest BCUT2D eigenvalue weighted by Gasteiger charge is -2.36. The lowest BCUT2D eigenvalue weighted by Crippen LogP contribution is -2.47. The molecule has 0 spiro atoms. The van der Waals surface area contributed by atoms with Crippen LogP contribution in [-0.4, -0.2) is 17.0 Å². The van der Waals surface area contributed by atoms with Gasteiger partial charge >= 0.3 is 0 Å². The summed E-state index contributed by atoms with van der Waals surface area (Å²) < 4.78 is 5.36. The smallest absolute Gasteiger partial charge is 0.258 e. The summed E-state index contributed by atoms with van der Waals surface area (Å²) >= 11 is 0. The molecule has 25 heavy (non-hydrogen) atoms. The van der Waals surface area contributed by atoms with E-state index in [0.717, 1.165) is 17.0 Å². The lowest BCUT2D eigenvalue weighted by atomic mass is 10.1. The van der Waals surface area contributed by atoms with Crippen LogP contribution >= 0.6 is 0 Å². The highest BCUT2D eigenvalue weighted by Crippen LogP contribution is 2.27. The van der Waals surface area contributed by atoms with E-state index >= 15 is 0 Å². The number of para-hydroxylation sites is 1. The van der Waals surface area contributed by atoms with Crippen LogP contribution in [0.1, 0.15) is 21.7 Å². The highest BCUT2D eigenvalue weighted by molar-refractivity contribution is 6.01. The molecule has 124 valence electrons. The monoisotopic (exact) mass is 330 g/mol. The number of hydrogen-bond donors (Lipinski definition) is 1. The number of nitrogens with zero attached hydrogens (tertiary/aromatic N) is 1.